The Morgan fingerprint density at radius 2 is 2.08 bits per heavy atom. The van der Waals surface area contributed by atoms with E-state index in [4.69, 9.17) is 4.42 Å². The summed E-state index contributed by atoms with van der Waals surface area (Å²) in [6.07, 6.45) is 1.68. The second-order valence-electron chi connectivity index (χ2n) is 6.15. The smallest absolute Gasteiger partial charge is 0.191 e. The zero-order valence-electron chi connectivity index (χ0n) is 15.3. The van der Waals surface area contributed by atoms with Gasteiger partial charge in [0.05, 0.1) is 18.8 Å². The molecule has 2 rings (SSSR count). The molecule has 0 fully saturated rings. The van der Waals surface area contributed by atoms with Gasteiger partial charge in [0.2, 0.25) is 0 Å². The normalized spacial score (nSPS) is 13.1. The number of guanidine groups is 1. The average molecular weight is 346 g/mol. The molecule has 1 aromatic carbocycles. The number of furan rings is 1. The number of halogens is 1. The minimum Gasteiger partial charge on any atom is -0.468 e. The summed E-state index contributed by atoms with van der Waals surface area (Å²) in [5.74, 6) is 1.44. The van der Waals surface area contributed by atoms with Crippen molar-refractivity contribution in [2.75, 3.05) is 27.2 Å². The van der Waals surface area contributed by atoms with Gasteiger partial charge >= 0.3 is 0 Å². The second-order valence-corrected chi connectivity index (χ2v) is 6.15. The summed E-state index contributed by atoms with van der Waals surface area (Å²) in [6.45, 7) is 5.70. The highest BCUT2D eigenvalue weighted by atomic mass is 19.1. The summed E-state index contributed by atoms with van der Waals surface area (Å²) in [5.41, 5.74) is 1.61. The molecule has 0 saturated carbocycles. The van der Waals surface area contributed by atoms with E-state index in [-0.39, 0.29) is 11.9 Å². The molecule has 2 N–H and O–H groups in total. The van der Waals surface area contributed by atoms with Crippen molar-refractivity contribution in [3.63, 3.8) is 0 Å². The summed E-state index contributed by atoms with van der Waals surface area (Å²) >= 11 is 0. The number of nitrogens with zero attached hydrogens (tertiary/aromatic N) is 2. The van der Waals surface area contributed by atoms with Crippen molar-refractivity contribution in [1.29, 1.82) is 0 Å². The van der Waals surface area contributed by atoms with Crippen LogP contribution in [0.15, 0.2) is 46.0 Å². The molecule has 5 nitrogen and oxygen atoms in total. The number of rotatable bonds is 7. The number of aliphatic imine (C=N–C) groups is 1. The highest BCUT2D eigenvalue weighted by Gasteiger charge is 2.17. The average Bonchev–Trinajstić information content (AvgIpc) is 3.09. The number of aryl methyl sites for hydroxylation is 1. The Morgan fingerprint density at radius 1 is 1.28 bits per heavy atom. The molecule has 0 aliphatic heterocycles. The predicted molar refractivity (Wildman–Crippen MR) is 99.1 cm³/mol. The highest BCUT2D eigenvalue weighted by molar-refractivity contribution is 5.79. The van der Waals surface area contributed by atoms with Crippen LogP contribution in [-0.2, 0) is 6.54 Å². The molecule has 0 aliphatic rings. The van der Waals surface area contributed by atoms with Crippen LogP contribution in [0.25, 0.3) is 0 Å². The third-order valence-corrected chi connectivity index (χ3v) is 3.94. The Labute approximate surface area is 148 Å². The van der Waals surface area contributed by atoms with Gasteiger partial charge in [-0.2, -0.15) is 0 Å². The molecule has 1 aromatic heterocycles. The lowest BCUT2D eigenvalue weighted by atomic mass is 10.1. The molecule has 6 heteroatoms. The van der Waals surface area contributed by atoms with E-state index < -0.39 is 0 Å². The third-order valence-electron chi connectivity index (χ3n) is 3.94. The summed E-state index contributed by atoms with van der Waals surface area (Å²) in [7, 11) is 4.03. The lowest BCUT2D eigenvalue weighted by molar-refractivity contribution is 0.258. The van der Waals surface area contributed by atoms with Crippen molar-refractivity contribution in [1.82, 2.24) is 15.5 Å². The number of likely N-dealkylation sites (N-methyl/N-ethyl adjacent to an activating group) is 1. The van der Waals surface area contributed by atoms with Gasteiger partial charge in [-0.1, -0.05) is 12.1 Å². The zero-order chi connectivity index (χ0) is 18.2. The number of nitrogens with one attached hydrogen (secondary N) is 2. The quantitative estimate of drug-likeness (QED) is 0.598. The van der Waals surface area contributed by atoms with E-state index in [9.17, 15) is 4.39 Å². The molecule has 0 amide bonds. The molecule has 2 aromatic rings. The van der Waals surface area contributed by atoms with Crippen LogP contribution in [0.5, 0.6) is 0 Å². The van der Waals surface area contributed by atoms with Crippen LogP contribution >= 0.6 is 0 Å². The minimum atomic E-state index is -0.190. The van der Waals surface area contributed by atoms with E-state index >= 15 is 0 Å². The highest BCUT2D eigenvalue weighted by Crippen LogP contribution is 2.17. The van der Waals surface area contributed by atoms with E-state index in [0.29, 0.717) is 18.7 Å². The molecule has 136 valence electrons. The Bertz CT molecular complexity index is 683. The Balaban J connectivity index is 2.02. The number of benzene rings is 1. The van der Waals surface area contributed by atoms with Crippen molar-refractivity contribution in [3.05, 3.63) is 59.3 Å². The first-order valence-electron chi connectivity index (χ1n) is 8.48. The zero-order valence-corrected chi connectivity index (χ0v) is 15.3. The fraction of sp³-hybridized carbons (Fsp3) is 0.421. The maximum absolute atomic E-state index is 13.4. The van der Waals surface area contributed by atoms with Crippen LogP contribution in [0.1, 0.15) is 29.9 Å². The molecule has 25 heavy (non-hydrogen) atoms. The summed E-state index contributed by atoms with van der Waals surface area (Å²) in [4.78, 5) is 6.69. The molecule has 1 unspecified atom stereocenters. The van der Waals surface area contributed by atoms with Crippen molar-refractivity contribution in [3.8, 4) is 0 Å². The van der Waals surface area contributed by atoms with Gasteiger partial charge < -0.3 is 15.1 Å². The van der Waals surface area contributed by atoms with Crippen LogP contribution in [0.2, 0.25) is 0 Å². The van der Waals surface area contributed by atoms with E-state index in [1.807, 2.05) is 39.2 Å². The van der Waals surface area contributed by atoms with Gasteiger partial charge in [0, 0.05) is 13.1 Å². The van der Waals surface area contributed by atoms with E-state index in [1.54, 1.807) is 19.3 Å². The molecule has 0 radical (unpaired) electrons. The van der Waals surface area contributed by atoms with Crippen LogP contribution in [0, 0.1) is 12.7 Å². The van der Waals surface area contributed by atoms with E-state index in [0.717, 1.165) is 23.8 Å². The molecular formula is C19H27FN4O. The van der Waals surface area contributed by atoms with Crippen molar-refractivity contribution < 1.29 is 8.81 Å². The fourth-order valence-electron chi connectivity index (χ4n) is 2.53. The molecule has 0 saturated heterocycles. The molecular weight excluding hydrogens is 319 g/mol. The van der Waals surface area contributed by atoms with Crippen LogP contribution in [0.3, 0.4) is 0 Å². The summed E-state index contributed by atoms with van der Waals surface area (Å²) in [6, 6.07) is 9.04. The largest absolute Gasteiger partial charge is 0.468 e. The maximum Gasteiger partial charge on any atom is 0.191 e. The predicted octanol–water partition coefficient (Wildman–Crippen LogP) is 3.09. The minimum absolute atomic E-state index is 0.104. The monoisotopic (exact) mass is 346 g/mol. The standard InChI is InChI=1S/C19H27FN4O/c1-5-21-19(22-12-15-8-9-16(20)14(2)11-15)23-13-17(24(3)4)18-7-6-10-25-18/h6-11,17H,5,12-13H2,1-4H3,(H2,21,22,23). The van der Waals surface area contributed by atoms with Gasteiger partial charge in [-0.05, 0) is 57.3 Å². The molecule has 1 atom stereocenters. The fourth-order valence-corrected chi connectivity index (χ4v) is 2.53. The van der Waals surface area contributed by atoms with E-state index in [1.165, 1.54) is 6.07 Å². The second kappa shape index (κ2) is 9.22. The van der Waals surface area contributed by atoms with Crippen LogP contribution in [0.4, 0.5) is 4.39 Å². The molecule has 0 bridgehead atoms. The van der Waals surface area contributed by atoms with Crippen LogP contribution < -0.4 is 10.6 Å². The van der Waals surface area contributed by atoms with Gasteiger partial charge in [0.25, 0.3) is 0 Å². The van der Waals surface area contributed by atoms with Crippen LogP contribution in [-0.4, -0.2) is 38.0 Å². The van der Waals surface area contributed by atoms with Crippen molar-refractivity contribution >= 4 is 5.96 Å². The lowest BCUT2D eigenvalue weighted by Crippen LogP contribution is -2.41. The molecule has 0 spiro atoms. The first-order chi connectivity index (χ1) is 12.0. The van der Waals surface area contributed by atoms with Crippen molar-refractivity contribution in [2.24, 2.45) is 4.99 Å². The lowest BCUT2D eigenvalue weighted by Gasteiger charge is -2.23. The van der Waals surface area contributed by atoms with E-state index in [2.05, 4.69) is 20.5 Å². The summed E-state index contributed by atoms with van der Waals surface area (Å²) in [5, 5.41) is 6.58. The third kappa shape index (κ3) is 5.60. The first kappa shape index (κ1) is 19.0. The maximum atomic E-state index is 13.4. The summed E-state index contributed by atoms with van der Waals surface area (Å²) < 4.78 is 18.9. The Hall–Kier alpha value is -2.34. The SMILES string of the molecule is CCNC(=NCc1ccc(F)c(C)c1)NCC(c1ccco1)N(C)C. The number of hydrogen-bond donors (Lipinski definition) is 2. The topological polar surface area (TPSA) is 52.8 Å². The molecule has 1 heterocycles. The number of hydrogen-bond acceptors (Lipinski definition) is 3. The van der Waals surface area contributed by atoms with Gasteiger partial charge in [0.15, 0.2) is 5.96 Å². The van der Waals surface area contributed by atoms with Crippen molar-refractivity contribution in [2.45, 2.75) is 26.4 Å². The van der Waals surface area contributed by atoms with Gasteiger partial charge in [0.1, 0.15) is 11.6 Å². The molecule has 0 aliphatic carbocycles. The van der Waals surface area contributed by atoms with Gasteiger partial charge in [-0.25, -0.2) is 9.38 Å². The van der Waals surface area contributed by atoms with Gasteiger partial charge in [-0.15, -0.1) is 0 Å². The Kier molecular flexibility index (Phi) is 7.01. The first-order valence-corrected chi connectivity index (χ1v) is 8.48. The Morgan fingerprint density at radius 3 is 2.68 bits per heavy atom. The van der Waals surface area contributed by atoms with Gasteiger partial charge in [-0.3, -0.25) is 4.90 Å².